The summed E-state index contributed by atoms with van der Waals surface area (Å²) >= 11 is 0. The van der Waals surface area contributed by atoms with E-state index in [1.165, 1.54) is 14.2 Å². The van der Waals surface area contributed by atoms with Crippen molar-refractivity contribution in [1.82, 2.24) is 0 Å². The molecule has 1 rings (SSSR count). The fourth-order valence-electron chi connectivity index (χ4n) is 2.23. The van der Waals surface area contributed by atoms with Gasteiger partial charge in [0, 0.05) is 12.8 Å². The molecule has 0 amide bonds. The van der Waals surface area contributed by atoms with Crippen LogP contribution in [0.25, 0.3) is 0 Å². The number of benzene rings is 1. The van der Waals surface area contributed by atoms with Crippen molar-refractivity contribution in [3.05, 3.63) is 18.2 Å². The van der Waals surface area contributed by atoms with Gasteiger partial charge in [0.2, 0.25) is 5.75 Å². The number of carbonyl (C=O) groups excluding carboxylic acids is 2. The molecule has 0 atom stereocenters. The molecule has 6 nitrogen and oxygen atoms in total. The SMILES string of the molecule is CCCCCOC(=O)CCCCC(=O)Oc1c(OC)cccc1OC. The van der Waals surface area contributed by atoms with Gasteiger partial charge < -0.3 is 18.9 Å². The number of rotatable bonds is 12. The van der Waals surface area contributed by atoms with Gasteiger partial charge in [-0.05, 0) is 31.4 Å². The first-order valence-electron chi connectivity index (χ1n) is 8.69. The standard InChI is InChI=1S/C19H28O6/c1-4-5-8-14-24-17(20)12-6-7-13-18(21)25-19-15(22-2)10-9-11-16(19)23-3/h9-11H,4-8,12-14H2,1-3H3. The third kappa shape index (κ3) is 7.92. The molecule has 0 aromatic heterocycles. The molecule has 0 aliphatic heterocycles. The summed E-state index contributed by atoms with van der Waals surface area (Å²) in [7, 11) is 3.00. The summed E-state index contributed by atoms with van der Waals surface area (Å²) in [6, 6.07) is 5.14. The first kappa shape index (κ1) is 20.8. The Balaban J connectivity index is 2.31. The molecule has 0 aliphatic carbocycles. The fraction of sp³-hybridized carbons (Fsp3) is 0.579. The maximum Gasteiger partial charge on any atom is 0.311 e. The molecule has 0 spiro atoms. The summed E-state index contributed by atoms with van der Waals surface area (Å²) in [5.74, 6) is 0.537. The first-order chi connectivity index (χ1) is 12.1. The topological polar surface area (TPSA) is 71.1 Å². The lowest BCUT2D eigenvalue weighted by atomic mass is 10.2. The number of esters is 2. The monoisotopic (exact) mass is 352 g/mol. The fourth-order valence-corrected chi connectivity index (χ4v) is 2.23. The Morgan fingerprint density at radius 2 is 1.48 bits per heavy atom. The van der Waals surface area contributed by atoms with E-state index in [0.717, 1.165) is 19.3 Å². The third-order valence-corrected chi connectivity index (χ3v) is 3.62. The highest BCUT2D eigenvalue weighted by Crippen LogP contribution is 2.37. The van der Waals surface area contributed by atoms with E-state index in [0.29, 0.717) is 37.4 Å². The predicted octanol–water partition coefficient (Wildman–Crippen LogP) is 3.90. The van der Waals surface area contributed by atoms with Crippen molar-refractivity contribution in [2.75, 3.05) is 20.8 Å². The average molecular weight is 352 g/mol. The van der Waals surface area contributed by atoms with Crippen LogP contribution in [0.4, 0.5) is 0 Å². The van der Waals surface area contributed by atoms with Crippen molar-refractivity contribution in [2.24, 2.45) is 0 Å². The minimum Gasteiger partial charge on any atom is -0.493 e. The van der Waals surface area contributed by atoms with Crippen LogP contribution in [0.15, 0.2) is 18.2 Å². The molecule has 6 heteroatoms. The Morgan fingerprint density at radius 3 is 2.04 bits per heavy atom. The van der Waals surface area contributed by atoms with E-state index >= 15 is 0 Å². The lowest BCUT2D eigenvalue weighted by molar-refractivity contribution is -0.144. The van der Waals surface area contributed by atoms with Crippen molar-refractivity contribution in [3.63, 3.8) is 0 Å². The zero-order chi connectivity index (χ0) is 18.5. The van der Waals surface area contributed by atoms with Crippen LogP contribution >= 0.6 is 0 Å². The second-order valence-corrected chi connectivity index (χ2v) is 5.60. The van der Waals surface area contributed by atoms with Crippen molar-refractivity contribution in [1.29, 1.82) is 0 Å². The molecule has 1 aromatic rings. The van der Waals surface area contributed by atoms with Crippen molar-refractivity contribution >= 4 is 11.9 Å². The highest BCUT2D eigenvalue weighted by Gasteiger charge is 2.15. The van der Waals surface area contributed by atoms with Gasteiger partial charge in [0.25, 0.3) is 0 Å². The number of ether oxygens (including phenoxy) is 4. The second-order valence-electron chi connectivity index (χ2n) is 5.60. The molecule has 25 heavy (non-hydrogen) atoms. The van der Waals surface area contributed by atoms with E-state index in [-0.39, 0.29) is 24.1 Å². The third-order valence-electron chi connectivity index (χ3n) is 3.62. The van der Waals surface area contributed by atoms with Crippen LogP contribution in [-0.2, 0) is 14.3 Å². The maximum absolute atomic E-state index is 12.0. The van der Waals surface area contributed by atoms with E-state index in [4.69, 9.17) is 18.9 Å². The molecule has 0 saturated carbocycles. The van der Waals surface area contributed by atoms with Gasteiger partial charge in [0.15, 0.2) is 11.5 Å². The van der Waals surface area contributed by atoms with Crippen LogP contribution in [0, 0.1) is 0 Å². The lowest BCUT2D eigenvalue weighted by Gasteiger charge is -2.12. The van der Waals surface area contributed by atoms with Gasteiger partial charge in [-0.1, -0.05) is 25.8 Å². The first-order valence-corrected chi connectivity index (χ1v) is 8.69. The Hall–Kier alpha value is -2.24. The Kier molecular flexibility index (Phi) is 10.1. The molecule has 0 N–H and O–H groups in total. The molecule has 1 aromatic carbocycles. The molecule has 0 aliphatic rings. The van der Waals surface area contributed by atoms with Gasteiger partial charge in [-0.25, -0.2) is 0 Å². The highest BCUT2D eigenvalue weighted by molar-refractivity contribution is 5.74. The van der Waals surface area contributed by atoms with Gasteiger partial charge in [-0.3, -0.25) is 9.59 Å². The van der Waals surface area contributed by atoms with Crippen LogP contribution in [-0.4, -0.2) is 32.8 Å². The van der Waals surface area contributed by atoms with Gasteiger partial charge >= 0.3 is 11.9 Å². The van der Waals surface area contributed by atoms with Gasteiger partial charge in [0.05, 0.1) is 20.8 Å². The molecular weight excluding hydrogens is 324 g/mol. The molecule has 0 bridgehead atoms. The number of hydrogen-bond donors (Lipinski definition) is 0. The average Bonchev–Trinajstić information content (AvgIpc) is 2.62. The molecular formula is C19H28O6. The summed E-state index contributed by atoms with van der Waals surface area (Å²) in [5.41, 5.74) is 0. The number of unbranched alkanes of at least 4 members (excludes halogenated alkanes) is 3. The van der Waals surface area contributed by atoms with Crippen molar-refractivity contribution < 1.29 is 28.5 Å². The van der Waals surface area contributed by atoms with Crippen LogP contribution in [0.5, 0.6) is 17.2 Å². The normalized spacial score (nSPS) is 10.2. The molecule has 140 valence electrons. The quantitative estimate of drug-likeness (QED) is 0.323. The lowest BCUT2D eigenvalue weighted by Crippen LogP contribution is -2.10. The van der Waals surface area contributed by atoms with E-state index in [1.807, 2.05) is 0 Å². The number of para-hydroxylation sites is 1. The van der Waals surface area contributed by atoms with Crippen LogP contribution in [0.1, 0.15) is 51.9 Å². The van der Waals surface area contributed by atoms with Crippen LogP contribution < -0.4 is 14.2 Å². The van der Waals surface area contributed by atoms with Crippen molar-refractivity contribution in [3.8, 4) is 17.2 Å². The molecule has 0 unspecified atom stereocenters. The summed E-state index contributed by atoms with van der Waals surface area (Å²) in [6.45, 7) is 2.57. The summed E-state index contributed by atoms with van der Waals surface area (Å²) < 4.78 is 20.8. The van der Waals surface area contributed by atoms with E-state index < -0.39 is 0 Å². The van der Waals surface area contributed by atoms with Gasteiger partial charge in [0.1, 0.15) is 0 Å². The minimum absolute atomic E-state index is 0.212. The second kappa shape index (κ2) is 12.2. The molecule has 0 saturated heterocycles. The number of hydrogen-bond acceptors (Lipinski definition) is 6. The summed E-state index contributed by atoms with van der Waals surface area (Å²) in [4.78, 5) is 23.5. The number of carbonyl (C=O) groups is 2. The Labute approximate surface area is 149 Å². The number of methoxy groups -OCH3 is 2. The van der Waals surface area contributed by atoms with Crippen LogP contribution in [0.3, 0.4) is 0 Å². The largest absolute Gasteiger partial charge is 0.493 e. The Bertz CT molecular complexity index is 518. The molecule has 0 radical (unpaired) electrons. The zero-order valence-electron chi connectivity index (χ0n) is 15.3. The summed E-state index contributed by atoms with van der Waals surface area (Å²) in [6.07, 6.45) is 4.73. The Morgan fingerprint density at radius 1 is 0.880 bits per heavy atom. The van der Waals surface area contributed by atoms with Crippen LogP contribution in [0.2, 0.25) is 0 Å². The van der Waals surface area contributed by atoms with E-state index in [1.54, 1.807) is 18.2 Å². The zero-order valence-corrected chi connectivity index (χ0v) is 15.3. The summed E-state index contributed by atoms with van der Waals surface area (Å²) in [5, 5.41) is 0. The van der Waals surface area contributed by atoms with Gasteiger partial charge in [-0.15, -0.1) is 0 Å². The minimum atomic E-state index is -0.390. The van der Waals surface area contributed by atoms with E-state index in [9.17, 15) is 9.59 Å². The smallest absolute Gasteiger partial charge is 0.311 e. The van der Waals surface area contributed by atoms with Gasteiger partial charge in [-0.2, -0.15) is 0 Å². The van der Waals surface area contributed by atoms with Crippen molar-refractivity contribution in [2.45, 2.75) is 51.9 Å². The predicted molar refractivity (Wildman–Crippen MR) is 94.1 cm³/mol. The molecule has 0 fully saturated rings. The highest BCUT2D eigenvalue weighted by atomic mass is 16.6. The van der Waals surface area contributed by atoms with E-state index in [2.05, 4.69) is 6.92 Å². The molecule has 0 heterocycles. The maximum atomic E-state index is 12.0.